The number of fused-ring (bicyclic) bond motifs is 1. The summed E-state index contributed by atoms with van der Waals surface area (Å²) in [6.45, 7) is 3.19. The fourth-order valence-corrected chi connectivity index (χ4v) is 3.18. The van der Waals surface area contributed by atoms with Crippen molar-refractivity contribution < 1.29 is 0 Å². The fourth-order valence-electron chi connectivity index (χ4n) is 2.47. The highest BCUT2D eigenvalue weighted by Crippen LogP contribution is 2.14. The van der Waals surface area contributed by atoms with Gasteiger partial charge in [0.1, 0.15) is 0 Å². The highest BCUT2D eigenvalue weighted by atomic mass is 32.1. The molecule has 5 heteroatoms. The van der Waals surface area contributed by atoms with Gasteiger partial charge in [-0.15, -0.1) is 11.3 Å². The number of aromatic nitrogens is 2. The number of hydrogen-bond donors (Lipinski definition) is 1. The number of likely N-dealkylation sites (N-methyl/N-ethyl adjacent to an activating group) is 1. The smallest absolute Gasteiger partial charge is 0.193 e. The molecule has 1 aliphatic rings. The van der Waals surface area contributed by atoms with Gasteiger partial charge in [0.05, 0.1) is 5.69 Å². The van der Waals surface area contributed by atoms with E-state index in [-0.39, 0.29) is 0 Å². The van der Waals surface area contributed by atoms with Crippen LogP contribution in [-0.2, 0) is 6.54 Å². The molecule has 2 aromatic rings. The molecule has 92 valence electrons. The minimum absolute atomic E-state index is 0.707. The van der Waals surface area contributed by atoms with E-state index in [1.807, 2.05) is 0 Å². The van der Waals surface area contributed by atoms with E-state index in [0.717, 1.165) is 23.7 Å². The van der Waals surface area contributed by atoms with Crippen molar-refractivity contribution in [2.75, 3.05) is 20.1 Å². The summed E-state index contributed by atoms with van der Waals surface area (Å²) in [7, 11) is 2.21. The first-order valence-electron chi connectivity index (χ1n) is 6.15. The van der Waals surface area contributed by atoms with Crippen LogP contribution in [0, 0.1) is 0 Å². The maximum Gasteiger partial charge on any atom is 0.193 e. The van der Waals surface area contributed by atoms with Crippen molar-refractivity contribution in [2.24, 2.45) is 0 Å². The molecule has 0 bridgehead atoms. The third-order valence-corrected chi connectivity index (χ3v) is 4.27. The highest BCUT2D eigenvalue weighted by Gasteiger charge is 2.19. The van der Waals surface area contributed by atoms with Gasteiger partial charge in [-0.25, -0.2) is 4.98 Å². The quantitative estimate of drug-likeness (QED) is 0.894. The second kappa shape index (κ2) is 4.76. The largest absolute Gasteiger partial charge is 0.310 e. The van der Waals surface area contributed by atoms with Gasteiger partial charge in [0.15, 0.2) is 4.96 Å². The standard InChI is InChI=1S/C12H18N4S/c1-15-4-2-3-11(15)8-13-7-10-9-16-5-6-17-12(16)14-10/h5-6,9,11,13H,2-4,7-8H2,1H3. The lowest BCUT2D eigenvalue weighted by Gasteiger charge is -2.19. The number of hydrogen-bond acceptors (Lipinski definition) is 4. The van der Waals surface area contributed by atoms with Gasteiger partial charge in [-0.3, -0.25) is 4.40 Å². The summed E-state index contributed by atoms with van der Waals surface area (Å²) in [5, 5.41) is 5.57. The van der Waals surface area contributed by atoms with Crippen LogP contribution in [-0.4, -0.2) is 40.5 Å². The predicted molar refractivity (Wildman–Crippen MR) is 70.4 cm³/mol. The van der Waals surface area contributed by atoms with E-state index in [1.165, 1.54) is 19.4 Å². The summed E-state index contributed by atoms with van der Waals surface area (Å²) in [5.41, 5.74) is 1.14. The van der Waals surface area contributed by atoms with E-state index in [4.69, 9.17) is 0 Å². The van der Waals surface area contributed by atoms with Crippen LogP contribution < -0.4 is 5.32 Å². The van der Waals surface area contributed by atoms with Crippen molar-refractivity contribution in [3.8, 4) is 0 Å². The lowest BCUT2D eigenvalue weighted by atomic mass is 10.2. The molecular formula is C12H18N4S. The van der Waals surface area contributed by atoms with Gasteiger partial charge >= 0.3 is 0 Å². The predicted octanol–water partition coefficient (Wildman–Crippen LogP) is 1.58. The topological polar surface area (TPSA) is 32.6 Å². The summed E-state index contributed by atoms with van der Waals surface area (Å²) >= 11 is 1.68. The van der Waals surface area contributed by atoms with Crippen molar-refractivity contribution in [1.29, 1.82) is 0 Å². The summed E-state index contributed by atoms with van der Waals surface area (Å²) in [6.07, 6.45) is 6.82. The normalized spacial score (nSPS) is 21.6. The molecule has 1 N–H and O–H groups in total. The Morgan fingerprint density at radius 3 is 3.29 bits per heavy atom. The molecule has 0 radical (unpaired) electrons. The molecular weight excluding hydrogens is 232 g/mol. The molecule has 1 saturated heterocycles. The fraction of sp³-hybridized carbons (Fsp3) is 0.583. The Labute approximate surface area is 105 Å². The van der Waals surface area contributed by atoms with Gasteiger partial charge in [-0.1, -0.05) is 0 Å². The molecule has 0 saturated carbocycles. The maximum atomic E-state index is 4.56. The Balaban J connectivity index is 1.52. The van der Waals surface area contributed by atoms with Crippen molar-refractivity contribution in [3.05, 3.63) is 23.5 Å². The molecule has 4 nitrogen and oxygen atoms in total. The molecule has 0 aromatic carbocycles. The Morgan fingerprint density at radius 1 is 1.59 bits per heavy atom. The number of imidazole rings is 1. The second-order valence-electron chi connectivity index (χ2n) is 4.73. The molecule has 1 unspecified atom stereocenters. The Bertz CT molecular complexity index is 461. The minimum atomic E-state index is 0.707. The molecule has 3 heterocycles. The van der Waals surface area contributed by atoms with Crippen molar-refractivity contribution in [2.45, 2.75) is 25.4 Å². The zero-order valence-corrected chi connectivity index (χ0v) is 10.9. The van der Waals surface area contributed by atoms with Gasteiger partial charge < -0.3 is 10.2 Å². The molecule has 1 fully saturated rings. The molecule has 2 aromatic heterocycles. The van der Waals surface area contributed by atoms with Crippen LogP contribution in [0.3, 0.4) is 0 Å². The Morgan fingerprint density at radius 2 is 2.53 bits per heavy atom. The van der Waals surface area contributed by atoms with Gasteiger partial charge in [-0.05, 0) is 26.4 Å². The third-order valence-electron chi connectivity index (χ3n) is 3.50. The molecule has 1 atom stereocenters. The van der Waals surface area contributed by atoms with E-state index in [2.05, 4.69) is 44.4 Å². The van der Waals surface area contributed by atoms with Crippen LogP contribution in [0.25, 0.3) is 4.96 Å². The lowest BCUT2D eigenvalue weighted by Crippen LogP contribution is -2.35. The van der Waals surface area contributed by atoms with Gasteiger partial charge in [0, 0.05) is 36.9 Å². The summed E-state index contributed by atoms with van der Waals surface area (Å²) in [5.74, 6) is 0. The van der Waals surface area contributed by atoms with Crippen LogP contribution in [0.2, 0.25) is 0 Å². The minimum Gasteiger partial charge on any atom is -0.310 e. The molecule has 17 heavy (non-hydrogen) atoms. The molecule has 0 aliphatic carbocycles. The van der Waals surface area contributed by atoms with Crippen molar-refractivity contribution in [1.82, 2.24) is 19.6 Å². The van der Waals surface area contributed by atoms with E-state index in [1.54, 1.807) is 11.3 Å². The average molecular weight is 250 g/mol. The Kier molecular flexibility index (Phi) is 3.13. The van der Waals surface area contributed by atoms with Crippen LogP contribution in [0.5, 0.6) is 0 Å². The van der Waals surface area contributed by atoms with E-state index >= 15 is 0 Å². The molecule has 3 rings (SSSR count). The van der Waals surface area contributed by atoms with Crippen LogP contribution in [0.1, 0.15) is 18.5 Å². The molecule has 0 spiro atoms. The first-order chi connectivity index (χ1) is 8.33. The monoisotopic (exact) mass is 250 g/mol. The van der Waals surface area contributed by atoms with Crippen molar-refractivity contribution in [3.63, 3.8) is 0 Å². The zero-order chi connectivity index (χ0) is 11.7. The van der Waals surface area contributed by atoms with E-state index in [0.29, 0.717) is 6.04 Å². The number of rotatable bonds is 4. The number of nitrogens with one attached hydrogen (secondary N) is 1. The maximum absolute atomic E-state index is 4.56. The second-order valence-corrected chi connectivity index (χ2v) is 5.61. The number of likely N-dealkylation sites (tertiary alicyclic amines) is 1. The first-order valence-corrected chi connectivity index (χ1v) is 7.03. The van der Waals surface area contributed by atoms with Gasteiger partial charge in [-0.2, -0.15) is 0 Å². The van der Waals surface area contributed by atoms with Gasteiger partial charge in [0.25, 0.3) is 0 Å². The zero-order valence-electron chi connectivity index (χ0n) is 10.1. The molecule has 1 aliphatic heterocycles. The number of nitrogens with zero attached hydrogens (tertiary/aromatic N) is 3. The lowest BCUT2D eigenvalue weighted by molar-refractivity contribution is 0.300. The average Bonchev–Trinajstić information content (AvgIpc) is 2.95. The van der Waals surface area contributed by atoms with Crippen LogP contribution in [0.15, 0.2) is 17.8 Å². The highest BCUT2D eigenvalue weighted by molar-refractivity contribution is 7.15. The summed E-state index contributed by atoms with van der Waals surface area (Å²) in [4.78, 5) is 8.09. The molecule has 0 amide bonds. The third kappa shape index (κ3) is 2.36. The number of thiazole rings is 1. The SMILES string of the molecule is CN1CCCC1CNCc1cn2ccsc2n1. The summed E-state index contributed by atoms with van der Waals surface area (Å²) < 4.78 is 2.09. The first kappa shape index (κ1) is 11.2. The van der Waals surface area contributed by atoms with Gasteiger partial charge in [0.2, 0.25) is 0 Å². The Hall–Kier alpha value is -0.910. The van der Waals surface area contributed by atoms with E-state index in [9.17, 15) is 0 Å². The van der Waals surface area contributed by atoms with Crippen molar-refractivity contribution >= 4 is 16.3 Å². The van der Waals surface area contributed by atoms with Crippen LogP contribution >= 0.6 is 11.3 Å². The van der Waals surface area contributed by atoms with E-state index < -0.39 is 0 Å². The summed E-state index contributed by atoms with van der Waals surface area (Å²) in [6, 6.07) is 0.707. The van der Waals surface area contributed by atoms with Crippen LogP contribution in [0.4, 0.5) is 0 Å².